The summed E-state index contributed by atoms with van der Waals surface area (Å²) in [6.07, 6.45) is 46.4. The standard InChI is InChI=1S/C56H52N2/c1-2-13-39(14-3-1)40-25-31-45(32-26-40)57(47-35-29-42(30-36-47)54-38-44-15-4-5-18-49(44)50-19-6-7-20-51(50)54)46-33-27-41(28-34-46)43-16-12-17-48(37-43)58-55-23-10-8-21-52(55)53-22-9-11-24-56(53)58/h1-3,6-10,12-14,16-17,19-23,25-29,31,33,35-38,42,45-46,52,55H,4-5,11,15,18,24,30,32,34H2. The quantitative estimate of drug-likeness (QED) is 0.185. The van der Waals surface area contributed by atoms with Gasteiger partial charge < -0.3 is 9.80 Å². The van der Waals surface area contributed by atoms with E-state index in [-0.39, 0.29) is 12.1 Å². The van der Waals surface area contributed by atoms with Gasteiger partial charge in [0.2, 0.25) is 0 Å². The van der Waals surface area contributed by atoms with E-state index in [1.165, 1.54) is 86.9 Å². The number of hydrogen-bond donors (Lipinski definition) is 0. The lowest BCUT2D eigenvalue weighted by Crippen LogP contribution is -2.41. The molecule has 0 saturated carbocycles. The number of benzene rings is 4. The summed E-state index contributed by atoms with van der Waals surface area (Å²) in [6.45, 7) is 0. The van der Waals surface area contributed by atoms with Crippen LogP contribution in [0, 0.1) is 5.92 Å². The number of allylic oxidation sites excluding steroid dienone is 12. The van der Waals surface area contributed by atoms with E-state index in [0.717, 1.165) is 32.1 Å². The van der Waals surface area contributed by atoms with E-state index in [1.54, 1.807) is 11.1 Å². The molecule has 0 radical (unpaired) electrons. The first-order chi connectivity index (χ1) is 28.8. The number of fused-ring (bicyclic) bond motifs is 5. The van der Waals surface area contributed by atoms with Gasteiger partial charge in [0.15, 0.2) is 0 Å². The summed E-state index contributed by atoms with van der Waals surface area (Å²) in [5, 5.41) is 2.93. The average molecular weight is 753 g/mol. The molecular weight excluding hydrogens is 701 g/mol. The fourth-order valence-corrected chi connectivity index (χ4v) is 11.0. The fourth-order valence-electron chi connectivity index (χ4n) is 11.0. The van der Waals surface area contributed by atoms with E-state index in [9.17, 15) is 0 Å². The lowest BCUT2D eigenvalue weighted by Gasteiger charge is -2.41. The van der Waals surface area contributed by atoms with Crippen molar-refractivity contribution in [3.05, 3.63) is 221 Å². The molecule has 0 spiro atoms. The molecule has 2 heteroatoms. The first-order valence-corrected chi connectivity index (χ1v) is 21.9. The fraction of sp³-hybridized carbons (Fsp3) is 0.250. The van der Waals surface area contributed by atoms with Gasteiger partial charge in [-0.15, -0.1) is 0 Å². The molecule has 0 bridgehead atoms. The number of hydrogen-bond acceptors (Lipinski definition) is 2. The van der Waals surface area contributed by atoms with Crippen molar-refractivity contribution >= 4 is 27.6 Å². The molecule has 2 nitrogen and oxygen atoms in total. The molecule has 0 N–H and O–H groups in total. The van der Waals surface area contributed by atoms with Crippen LogP contribution < -0.4 is 4.90 Å². The number of rotatable bonds is 7. The van der Waals surface area contributed by atoms with Gasteiger partial charge in [0.25, 0.3) is 0 Å². The Balaban J connectivity index is 0.877. The second-order valence-corrected chi connectivity index (χ2v) is 17.2. The third-order valence-electron chi connectivity index (χ3n) is 13.8. The lowest BCUT2D eigenvalue weighted by atomic mass is 9.81. The molecule has 0 saturated heterocycles. The SMILES string of the molecule is C1=CC2C3=C(CCC=C3)N(c3cccc(C4=CCC(N(C5=CCC(c6cc7c(c8ccccc68)CCCC7)C=C5)C5C=CC(c6ccccc6)=CC5)C=C4)c3)C2C=C1. The zero-order valence-corrected chi connectivity index (χ0v) is 33.4. The highest BCUT2D eigenvalue weighted by Gasteiger charge is 2.39. The number of nitrogens with zero attached hydrogens (tertiary/aromatic N) is 2. The second kappa shape index (κ2) is 15.1. The Hall–Kier alpha value is -5.86. The summed E-state index contributed by atoms with van der Waals surface area (Å²) in [7, 11) is 0. The van der Waals surface area contributed by atoms with E-state index >= 15 is 0 Å². The maximum atomic E-state index is 2.71. The van der Waals surface area contributed by atoms with Crippen LogP contribution >= 0.6 is 0 Å². The van der Waals surface area contributed by atoms with Crippen molar-refractivity contribution in [1.82, 2.24) is 4.90 Å². The summed E-state index contributed by atoms with van der Waals surface area (Å²) in [5.41, 5.74) is 15.6. The van der Waals surface area contributed by atoms with Gasteiger partial charge in [0.1, 0.15) is 0 Å². The monoisotopic (exact) mass is 752 g/mol. The van der Waals surface area contributed by atoms with Crippen LogP contribution in [0.3, 0.4) is 0 Å². The van der Waals surface area contributed by atoms with Crippen LogP contribution in [0.15, 0.2) is 193 Å². The first kappa shape index (κ1) is 35.3. The summed E-state index contributed by atoms with van der Waals surface area (Å²) < 4.78 is 0. The molecule has 58 heavy (non-hydrogen) atoms. The van der Waals surface area contributed by atoms with Crippen molar-refractivity contribution in [2.45, 2.75) is 81.8 Å². The largest absolute Gasteiger partial charge is 0.358 e. The summed E-state index contributed by atoms with van der Waals surface area (Å²) >= 11 is 0. The minimum atomic E-state index is 0.269. The predicted molar refractivity (Wildman–Crippen MR) is 244 cm³/mol. The van der Waals surface area contributed by atoms with Gasteiger partial charge in [-0.1, -0.05) is 158 Å². The highest BCUT2D eigenvalue weighted by Crippen LogP contribution is 2.46. The number of aryl methyl sites for hydroxylation is 2. The smallest absolute Gasteiger partial charge is 0.0626 e. The third kappa shape index (κ3) is 6.34. The molecule has 286 valence electrons. The Kier molecular flexibility index (Phi) is 9.22. The number of anilines is 1. The van der Waals surface area contributed by atoms with Gasteiger partial charge >= 0.3 is 0 Å². The van der Waals surface area contributed by atoms with Crippen LogP contribution in [-0.4, -0.2) is 23.0 Å². The molecule has 7 aliphatic rings. The van der Waals surface area contributed by atoms with Crippen molar-refractivity contribution in [3.8, 4) is 0 Å². The molecule has 1 aliphatic heterocycles. The molecule has 0 amide bonds. The maximum absolute atomic E-state index is 2.71. The van der Waals surface area contributed by atoms with E-state index in [0.29, 0.717) is 17.9 Å². The van der Waals surface area contributed by atoms with Crippen molar-refractivity contribution in [2.75, 3.05) is 4.90 Å². The molecule has 0 fully saturated rings. The van der Waals surface area contributed by atoms with Gasteiger partial charge in [-0.2, -0.15) is 0 Å². The minimum absolute atomic E-state index is 0.269. The van der Waals surface area contributed by atoms with Crippen LogP contribution in [0.5, 0.6) is 0 Å². The van der Waals surface area contributed by atoms with Gasteiger partial charge in [0.05, 0.1) is 18.1 Å². The third-order valence-corrected chi connectivity index (χ3v) is 13.8. The average Bonchev–Trinajstić information content (AvgIpc) is 3.64. The highest BCUT2D eigenvalue weighted by atomic mass is 15.2. The first-order valence-electron chi connectivity index (χ1n) is 21.9. The van der Waals surface area contributed by atoms with Crippen LogP contribution in [0.4, 0.5) is 5.69 Å². The van der Waals surface area contributed by atoms with Crippen LogP contribution in [0.1, 0.15) is 78.7 Å². The van der Waals surface area contributed by atoms with E-state index in [4.69, 9.17) is 0 Å². The molecular formula is C56H52N2. The molecule has 0 aromatic heterocycles. The zero-order valence-electron chi connectivity index (χ0n) is 33.4. The normalized spacial score (nSPS) is 25.6. The molecule has 5 unspecified atom stereocenters. The highest BCUT2D eigenvalue weighted by molar-refractivity contribution is 5.91. The van der Waals surface area contributed by atoms with E-state index in [2.05, 4.69) is 186 Å². The van der Waals surface area contributed by atoms with E-state index < -0.39 is 0 Å². The zero-order chi connectivity index (χ0) is 38.4. The van der Waals surface area contributed by atoms with Crippen molar-refractivity contribution in [2.24, 2.45) is 5.92 Å². The van der Waals surface area contributed by atoms with Crippen molar-refractivity contribution in [1.29, 1.82) is 0 Å². The van der Waals surface area contributed by atoms with Crippen molar-refractivity contribution < 1.29 is 0 Å². The summed E-state index contributed by atoms with van der Waals surface area (Å²) in [5.74, 6) is 0.821. The van der Waals surface area contributed by atoms with Crippen molar-refractivity contribution in [3.63, 3.8) is 0 Å². The summed E-state index contributed by atoms with van der Waals surface area (Å²) in [6, 6.07) is 32.8. The maximum Gasteiger partial charge on any atom is 0.0626 e. The molecule has 5 atom stereocenters. The predicted octanol–water partition coefficient (Wildman–Crippen LogP) is 13.3. The van der Waals surface area contributed by atoms with Gasteiger partial charge in [-0.3, -0.25) is 0 Å². The Morgan fingerprint density at radius 3 is 2.14 bits per heavy atom. The van der Waals surface area contributed by atoms with Crippen LogP contribution in [0.25, 0.3) is 21.9 Å². The topological polar surface area (TPSA) is 6.48 Å². The molecule has 4 aromatic rings. The van der Waals surface area contributed by atoms with Crippen LogP contribution in [0.2, 0.25) is 0 Å². The van der Waals surface area contributed by atoms with Gasteiger partial charge in [-0.25, -0.2) is 0 Å². The summed E-state index contributed by atoms with van der Waals surface area (Å²) in [4.78, 5) is 5.34. The lowest BCUT2D eigenvalue weighted by molar-refractivity contribution is 0.251. The molecule has 4 aromatic carbocycles. The van der Waals surface area contributed by atoms with E-state index in [1.807, 2.05) is 0 Å². The Bertz CT molecular complexity index is 2580. The Morgan fingerprint density at radius 2 is 1.34 bits per heavy atom. The minimum Gasteiger partial charge on any atom is -0.358 e. The molecule has 11 rings (SSSR count). The second-order valence-electron chi connectivity index (χ2n) is 17.2. The molecule has 1 heterocycles. The molecule has 6 aliphatic carbocycles. The van der Waals surface area contributed by atoms with Gasteiger partial charge in [0, 0.05) is 28.9 Å². The van der Waals surface area contributed by atoms with Crippen LogP contribution in [-0.2, 0) is 12.8 Å². The Labute approximate surface area is 344 Å². The van der Waals surface area contributed by atoms with Gasteiger partial charge in [-0.05, 0) is 131 Å². The Morgan fingerprint density at radius 1 is 0.586 bits per heavy atom.